The van der Waals surface area contributed by atoms with Crippen LogP contribution in [0.5, 0.6) is 11.5 Å². The van der Waals surface area contributed by atoms with Crippen molar-refractivity contribution in [3.8, 4) is 11.5 Å². The highest BCUT2D eigenvalue weighted by atomic mass is 127. The summed E-state index contributed by atoms with van der Waals surface area (Å²) in [6.07, 6.45) is 1.73. The van der Waals surface area contributed by atoms with E-state index in [0.717, 1.165) is 5.56 Å². The molecule has 0 saturated carbocycles. The minimum Gasteiger partial charge on any atom is -0.493 e. The van der Waals surface area contributed by atoms with E-state index in [1.807, 2.05) is 36.4 Å². The van der Waals surface area contributed by atoms with Gasteiger partial charge < -0.3 is 18.9 Å². The quantitative estimate of drug-likeness (QED) is 0.163. The van der Waals surface area contributed by atoms with E-state index in [4.69, 9.17) is 35.5 Å². The Hall–Kier alpha value is -3.94. The summed E-state index contributed by atoms with van der Waals surface area (Å²) in [6.45, 7) is 3.59. The van der Waals surface area contributed by atoms with E-state index in [2.05, 4.69) is 22.6 Å². The maximum absolute atomic E-state index is 14.2. The van der Waals surface area contributed by atoms with Gasteiger partial charge in [-0.3, -0.25) is 9.36 Å². The minimum absolute atomic E-state index is 0.155. The highest BCUT2D eigenvalue weighted by Gasteiger charge is 2.35. The van der Waals surface area contributed by atoms with Crippen LogP contribution < -0.4 is 24.4 Å². The van der Waals surface area contributed by atoms with Crippen LogP contribution in [0.25, 0.3) is 11.8 Å². The second-order valence-corrected chi connectivity index (χ2v) is 12.2. The van der Waals surface area contributed by atoms with Crippen molar-refractivity contribution in [2.45, 2.75) is 19.9 Å². The molecule has 0 amide bonds. The number of methoxy groups -OCH3 is 1. The van der Waals surface area contributed by atoms with E-state index in [1.165, 1.54) is 23.0 Å². The SMILES string of the molecule is CCOC(=O)COc1c(I)cc(/C=c2\sc3n(c2=O)[C@H](c2ccc(Cl)cc2)C(C(=O)OCC)=C(c2ccccc2)N=3)cc1OC. The van der Waals surface area contributed by atoms with Crippen molar-refractivity contribution in [2.24, 2.45) is 4.99 Å². The van der Waals surface area contributed by atoms with E-state index in [0.29, 0.717) is 46.2 Å². The minimum atomic E-state index is -0.816. The molecule has 1 aliphatic heterocycles. The Balaban J connectivity index is 1.69. The number of halogens is 2. The molecule has 1 atom stereocenters. The molecule has 0 N–H and O–H groups in total. The third-order valence-electron chi connectivity index (χ3n) is 6.75. The molecule has 12 heteroatoms. The Morgan fingerprint density at radius 2 is 1.76 bits per heavy atom. The molecule has 0 saturated heterocycles. The number of hydrogen-bond acceptors (Lipinski definition) is 9. The van der Waals surface area contributed by atoms with Gasteiger partial charge in [0, 0.05) is 10.6 Å². The average Bonchev–Trinajstić information content (AvgIpc) is 3.34. The molecule has 0 aliphatic carbocycles. The summed E-state index contributed by atoms with van der Waals surface area (Å²) < 4.78 is 24.3. The van der Waals surface area contributed by atoms with Gasteiger partial charge in [0.15, 0.2) is 22.9 Å². The smallest absolute Gasteiger partial charge is 0.344 e. The molecule has 45 heavy (non-hydrogen) atoms. The van der Waals surface area contributed by atoms with Crippen molar-refractivity contribution in [1.82, 2.24) is 4.57 Å². The number of carbonyl (C=O) groups is 2. The molecule has 4 aromatic rings. The lowest BCUT2D eigenvalue weighted by Gasteiger charge is -2.25. The molecule has 0 spiro atoms. The molecule has 5 rings (SSSR count). The van der Waals surface area contributed by atoms with Gasteiger partial charge in [0.2, 0.25) is 0 Å². The molecule has 1 aliphatic rings. The lowest BCUT2D eigenvalue weighted by Crippen LogP contribution is -2.40. The van der Waals surface area contributed by atoms with E-state index in [9.17, 15) is 14.4 Å². The maximum atomic E-state index is 14.2. The van der Waals surface area contributed by atoms with Crippen molar-refractivity contribution >= 4 is 69.2 Å². The van der Waals surface area contributed by atoms with Crippen LogP contribution >= 0.6 is 45.5 Å². The maximum Gasteiger partial charge on any atom is 0.344 e. The van der Waals surface area contributed by atoms with E-state index in [1.54, 1.807) is 50.3 Å². The van der Waals surface area contributed by atoms with Crippen LogP contribution in [0.4, 0.5) is 0 Å². The van der Waals surface area contributed by atoms with Gasteiger partial charge in [-0.2, -0.15) is 0 Å². The Kier molecular flexibility index (Phi) is 10.4. The molecule has 232 valence electrons. The molecule has 0 fully saturated rings. The first kappa shape index (κ1) is 32.5. The Bertz CT molecular complexity index is 1950. The summed E-state index contributed by atoms with van der Waals surface area (Å²) in [4.78, 5) is 44.9. The van der Waals surface area contributed by atoms with Crippen LogP contribution in [-0.4, -0.2) is 43.4 Å². The van der Waals surface area contributed by atoms with Crippen molar-refractivity contribution in [2.75, 3.05) is 26.9 Å². The van der Waals surface area contributed by atoms with Crippen LogP contribution in [0.3, 0.4) is 0 Å². The van der Waals surface area contributed by atoms with Gasteiger partial charge >= 0.3 is 11.9 Å². The van der Waals surface area contributed by atoms with Crippen LogP contribution in [-0.2, 0) is 19.1 Å². The summed E-state index contributed by atoms with van der Waals surface area (Å²) in [5.41, 5.74) is 2.42. The number of thiazole rings is 1. The van der Waals surface area contributed by atoms with Crippen molar-refractivity contribution in [3.63, 3.8) is 0 Å². The molecule has 0 radical (unpaired) electrons. The van der Waals surface area contributed by atoms with Crippen molar-refractivity contribution in [3.05, 3.63) is 117 Å². The fourth-order valence-electron chi connectivity index (χ4n) is 4.85. The van der Waals surface area contributed by atoms with E-state index < -0.39 is 18.0 Å². The average molecular weight is 759 g/mol. The first-order valence-corrected chi connectivity index (χ1v) is 16.2. The van der Waals surface area contributed by atoms with Crippen LogP contribution in [0, 0.1) is 3.57 Å². The standard InChI is InChI=1S/C33H28ClIN2O7S/c1-4-42-26(38)18-44-30-23(35)15-19(16-24(30)41-3)17-25-31(39)37-29(21-11-13-22(34)14-12-21)27(32(40)43-5-2)28(36-33(37)45-25)20-9-7-6-8-10-20/h6-17,29H,4-5,18H2,1-3H3/b25-17-/t29-/m1/s1. The number of fused-ring (bicyclic) bond motifs is 1. The second kappa shape index (κ2) is 14.4. The van der Waals surface area contributed by atoms with E-state index in [-0.39, 0.29) is 31.0 Å². The molecule has 3 aromatic carbocycles. The third-order valence-corrected chi connectivity index (χ3v) is 8.78. The molecule has 1 aromatic heterocycles. The molecule has 0 unspecified atom stereocenters. The summed E-state index contributed by atoms with van der Waals surface area (Å²) in [6, 6.07) is 19.1. The normalized spacial score (nSPS) is 14.4. The zero-order valence-electron chi connectivity index (χ0n) is 24.5. The number of esters is 2. The van der Waals surface area contributed by atoms with Crippen LogP contribution in [0.1, 0.15) is 36.6 Å². The van der Waals surface area contributed by atoms with Gasteiger partial charge in [-0.15, -0.1) is 0 Å². The van der Waals surface area contributed by atoms with Crippen LogP contribution in [0.2, 0.25) is 5.02 Å². The zero-order chi connectivity index (χ0) is 32.1. The Morgan fingerprint density at radius 3 is 2.42 bits per heavy atom. The largest absolute Gasteiger partial charge is 0.493 e. The molecular formula is C33H28ClIN2O7S. The predicted octanol–water partition coefficient (Wildman–Crippen LogP) is 5.14. The summed E-state index contributed by atoms with van der Waals surface area (Å²) in [5.74, 6) is -0.279. The number of benzene rings is 3. The second-order valence-electron chi connectivity index (χ2n) is 9.61. The fourth-order valence-corrected chi connectivity index (χ4v) is 6.76. The van der Waals surface area contributed by atoms with Crippen molar-refractivity contribution < 1.29 is 28.5 Å². The number of ether oxygens (including phenoxy) is 4. The Morgan fingerprint density at radius 1 is 1.04 bits per heavy atom. The number of rotatable bonds is 10. The lowest BCUT2D eigenvalue weighted by atomic mass is 9.93. The highest BCUT2D eigenvalue weighted by molar-refractivity contribution is 14.1. The fraction of sp³-hybridized carbons (Fsp3) is 0.212. The monoisotopic (exact) mass is 758 g/mol. The predicted molar refractivity (Wildman–Crippen MR) is 180 cm³/mol. The summed E-state index contributed by atoms with van der Waals surface area (Å²) in [7, 11) is 1.49. The lowest BCUT2D eigenvalue weighted by molar-refractivity contribution is -0.145. The van der Waals surface area contributed by atoms with Gasteiger partial charge in [0.25, 0.3) is 5.56 Å². The highest BCUT2D eigenvalue weighted by Crippen LogP contribution is 2.36. The van der Waals surface area contributed by atoms with E-state index >= 15 is 0 Å². The molecule has 9 nitrogen and oxygen atoms in total. The molecular weight excluding hydrogens is 731 g/mol. The molecule has 2 heterocycles. The first-order valence-electron chi connectivity index (χ1n) is 14.0. The topological polar surface area (TPSA) is 105 Å². The van der Waals surface area contributed by atoms with Crippen LogP contribution in [0.15, 0.2) is 82.1 Å². The summed E-state index contributed by atoms with van der Waals surface area (Å²) in [5, 5.41) is 0.523. The molecule has 0 bridgehead atoms. The zero-order valence-corrected chi connectivity index (χ0v) is 28.3. The van der Waals surface area contributed by atoms with Gasteiger partial charge in [-0.05, 0) is 77.9 Å². The van der Waals surface area contributed by atoms with Gasteiger partial charge in [-0.25, -0.2) is 14.6 Å². The van der Waals surface area contributed by atoms with Crippen molar-refractivity contribution in [1.29, 1.82) is 0 Å². The number of nitrogens with zero attached hydrogens (tertiary/aromatic N) is 2. The number of hydrogen-bond donors (Lipinski definition) is 0. The summed E-state index contributed by atoms with van der Waals surface area (Å²) >= 11 is 9.51. The Labute approximate surface area is 281 Å². The first-order chi connectivity index (χ1) is 21.7. The third kappa shape index (κ3) is 7.00. The van der Waals surface area contributed by atoms with Gasteiger partial charge in [0.05, 0.1) is 45.7 Å². The van der Waals surface area contributed by atoms with Gasteiger partial charge in [0.1, 0.15) is 0 Å². The van der Waals surface area contributed by atoms with Gasteiger partial charge in [-0.1, -0.05) is 65.4 Å². The number of aromatic nitrogens is 1. The number of carbonyl (C=O) groups excluding carboxylic acids is 2.